The summed E-state index contributed by atoms with van der Waals surface area (Å²) >= 11 is 0. The van der Waals surface area contributed by atoms with Gasteiger partial charge < -0.3 is 10.3 Å². The summed E-state index contributed by atoms with van der Waals surface area (Å²) in [4.78, 5) is 11.3. The van der Waals surface area contributed by atoms with Crippen molar-refractivity contribution in [2.75, 3.05) is 0 Å². The van der Waals surface area contributed by atoms with Gasteiger partial charge in [0.1, 0.15) is 17.5 Å². The van der Waals surface area contributed by atoms with Gasteiger partial charge in [-0.15, -0.1) is 0 Å². The maximum atomic E-state index is 13.1. The van der Waals surface area contributed by atoms with Crippen LogP contribution in [0.4, 0.5) is 4.39 Å². The van der Waals surface area contributed by atoms with Crippen LogP contribution in [0.1, 0.15) is 11.1 Å². The van der Waals surface area contributed by atoms with E-state index in [1.807, 2.05) is 41.1 Å². The lowest BCUT2D eigenvalue weighted by atomic mass is 10.1. The van der Waals surface area contributed by atoms with Crippen molar-refractivity contribution in [3.05, 3.63) is 77.2 Å². The number of aromatic nitrogens is 1. The SMILES string of the molecule is N#C/C(=C\c1cn(Cc2ccc(F)cc2)c2ccccc12)C(N)=O. The summed E-state index contributed by atoms with van der Waals surface area (Å²) in [6, 6.07) is 15.8. The number of hydrogen-bond acceptors (Lipinski definition) is 2. The number of benzene rings is 2. The van der Waals surface area contributed by atoms with Gasteiger partial charge >= 0.3 is 0 Å². The van der Waals surface area contributed by atoms with Crippen LogP contribution in [-0.2, 0) is 11.3 Å². The van der Waals surface area contributed by atoms with Gasteiger partial charge in [-0.2, -0.15) is 5.26 Å². The van der Waals surface area contributed by atoms with Crippen LogP contribution in [0.5, 0.6) is 0 Å². The van der Waals surface area contributed by atoms with Gasteiger partial charge in [-0.1, -0.05) is 30.3 Å². The van der Waals surface area contributed by atoms with E-state index in [4.69, 9.17) is 11.0 Å². The highest BCUT2D eigenvalue weighted by molar-refractivity contribution is 6.03. The minimum absolute atomic E-state index is 0.0975. The molecule has 0 saturated carbocycles. The number of nitrogens with two attached hydrogens (primary N) is 1. The lowest BCUT2D eigenvalue weighted by molar-refractivity contribution is -0.114. The first-order valence-electron chi connectivity index (χ1n) is 7.32. The topological polar surface area (TPSA) is 71.8 Å². The number of hydrogen-bond donors (Lipinski definition) is 1. The van der Waals surface area contributed by atoms with E-state index in [0.717, 1.165) is 22.0 Å². The Morgan fingerprint density at radius 3 is 2.58 bits per heavy atom. The van der Waals surface area contributed by atoms with Crippen LogP contribution in [0.15, 0.2) is 60.3 Å². The van der Waals surface area contributed by atoms with E-state index < -0.39 is 5.91 Å². The summed E-state index contributed by atoms with van der Waals surface area (Å²) in [7, 11) is 0. The van der Waals surface area contributed by atoms with Crippen LogP contribution >= 0.6 is 0 Å². The Morgan fingerprint density at radius 2 is 1.92 bits per heavy atom. The predicted molar refractivity (Wildman–Crippen MR) is 90.2 cm³/mol. The molecular weight excluding hydrogens is 305 g/mol. The molecule has 4 nitrogen and oxygen atoms in total. The highest BCUT2D eigenvalue weighted by atomic mass is 19.1. The normalized spacial score (nSPS) is 11.4. The highest BCUT2D eigenvalue weighted by Gasteiger charge is 2.10. The van der Waals surface area contributed by atoms with Crippen LogP contribution in [0, 0.1) is 17.1 Å². The second-order valence-electron chi connectivity index (χ2n) is 5.39. The predicted octanol–water partition coefficient (Wildman–Crippen LogP) is 3.22. The fraction of sp³-hybridized carbons (Fsp3) is 0.0526. The van der Waals surface area contributed by atoms with Gasteiger partial charge in [0.15, 0.2) is 0 Å². The quantitative estimate of drug-likeness (QED) is 0.592. The summed E-state index contributed by atoms with van der Waals surface area (Å²) in [6.45, 7) is 0.549. The molecule has 1 amide bonds. The fourth-order valence-electron chi connectivity index (χ4n) is 2.62. The molecule has 0 radical (unpaired) electrons. The Morgan fingerprint density at radius 1 is 1.21 bits per heavy atom. The molecule has 118 valence electrons. The molecule has 0 fully saturated rings. The molecule has 3 aromatic rings. The molecule has 3 rings (SSSR count). The Hall–Kier alpha value is -3.39. The summed E-state index contributed by atoms with van der Waals surface area (Å²) in [6.07, 6.45) is 3.35. The van der Waals surface area contributed by atoms with E-state index in [-0.39, 0.29) is 11.4 Å². The van der Waals surface area contributed by atoms with Gasteiger partial charge in [0.2, 0.25) is 0 Å². The molecule has 5 heteroatoms. The van der Waals surface area contributed by atoms with Crippen LogP contribution in [0.25, 0.3) is 17.0 Å². The maximum Gasteiger partial charge on any atom is 0.259 e. The number of fused-ring (bicyclic) bond motifs is 1. The zero-order valence-corrected chi connectivity index (χ0v) is 12.7. The zero-order chi connectivity index (χ0) is 17.1. The fourth-order valence-corrected chi connectivity index (χ4v) is 2.62. The first-order chi connectivity index (χ1) is 11.6. The van der Waals surface area contributed by atoms with E-state index in [0.29, 0.717) is 6.54 Å². The van der Waals surface area contributed by atoms with E-state index in [1.165, 1.54) is 18.2 Å². The average molecular weight is 319 g/mol. The maximum absolute atomic E-state index is 13.1. The van der Waals surface area contributed by atoms with Crippen LogP contribution in [0.2, 0.25) is 0 Å². The number of para-hydroxylation sites is 1. The Labute approximate surface area is 138 Å². The monoisotopic (exact) mass is 319 g/mol. The second-order valence-corrected chi connectivity index (χ2v) is 5.39. The average Bonchev–Trinajstić information content (AvgIpc) is 2.92. The Bertz CT molecular complexity index is 978. The summed E-state index contributed by atoms with van der Waals surface area (Å²) in [5.41, 5.74) is 7.75. The van der Waals surface area contributed by atoms with Crippen molar-refractivity contribution in [1.29, 1.82) is 5.26 Å². The lowest BCUT2D eigenvalue weighted by Gasteiger charge is -2.05. The third-order valence-corrected chi connectivity index (χ3v) is 3.77. The van der Waals surface area contributed by atoms with Gasteiger partial charge in [-0.25, -0.2) is 4.39 Å². The van der Waals surface area contributed by atoms with Gasteiger partial charge in [0.25, 0.3) is 5.91 Å². The van der Waals surface area contributed by atoms with E-state index in [1.54, 1.807) is 12.1 Å². The van der Waals surface area contributed by atoms with E-state index >= 15 is 0 Å². The van der Waals surface area contributed by atoms with Gasteiger partial charge in [0, 0.05) is 29.2 Å². The number of nitriles is 1. The van der Waals surface area contributed by atoms with E-state index in [2.05, 4.69) is 0 Å². The molecular formula is C19H14FN3O. The summed E-state index contributed by atoms with van der Waals surface area (Å²) in [5.74, 6) is -1.03. The molecule has 0 atom stereocenters. The third-order valence-electron chi connectivity index (χ3n) is 3.77. The Balaban J connectivity index is 2.08. The van der Waals surface area contributed by atoms with Crippen molar-refractivity contribution < 1.29 is 9.18 Å². The van der Waals surface area contributed by atoms with Crippen molar-refractivity contribution in [2.24, 2.45) is 5.73 Å². The van der Waals surface area contributed by atoms with Gasteiger partial charge in [-0.3, -0.25) is 4.79 Å². The highest BCUT2D eigenvalue weighted by Crippen LogP contribution is 2.24. The number of amides is 1. The number of carbonyl (C=O) groups is 1. The first-order valence-corrected chi connectivity index (χ1v) is 7.32. The molecule has 2 aromatic carbocycles. The van der Waals surface area contributed by atoms with Gasteiger partial charge in [0.05, 0.1) is 0 Å². The smallest absolute Gasteiger partial charge is 0.259 e. The molecule has 1 heterocycles. The molecule has 1 aromatic heterocycles. The lowest BCUT2D eigenvalue weighted by Crippen LogP contribution is -2.12. The minimum Gasteiger partial charge on any atom is -0.365 e. The second kappa shape index (κ2) is 6.39. The molecule has 0 unspecified atom stereocenters. The first kappa shape index (κ1) is 15.5. The molecule has 0 aliphatic rings. The molecule has 24 heavy (non-hydrogen) atoms. The number of nitrogens with zero attached hydrogens (tertiary/aromatic N) is 2. The number of halogens is 1. The van der Waals surface area contributed by atoms with Crippen molar-refractivity contribution >= 4 is 22.9 Å². The van der Waals surface area contributed by atoms with Crippen LogP contribution in [0.3, 0.4) is 0 Å². The van der Waals surface area contributed by atoms with Crippen molar-refractivity contribution in [1.82, 2.24) is 4.57 Å². The molecule has 0 spiro atoms. The zero-order valence-electron chi connectivity index (χ0n) is 12.7. The van der Waals surface area contributed by atoms with Gasteiger partial charge in [-0.05, 0) is 29.8 Å². The number of rotatable bonds is 4. The van der Waals surface area contributed by atoms with E-state index in [9.17, 15) is 9.18 Å². The minimum atomic E-state index is -0.757. The molecule has 0 aliphatic carbocycles. The van der Waals surface area contributed by atoms with Crippen molar-refractivity contribution in [2.45, 2.75) is 6.54 Å². The summed E-state index contributed by atoms with van der Waals surface area (Å²) in [5, 5.41) is 9.95. The molecule has 0 bridgehead atoms. The number of carbonyl (C=O) groups excluding carboxylic acids is 1. The summed E-state index contributed by atoms with van der Waals surface area (Å²) < 4.78 is 15.0. The molecule has 2 N–H and O–H groups in total. The largest absolute Gasteiger partial charge is 0.365 e. The molecule has 0 aliphatic heterocycles. The Kier molecular flexibility index (Phi) is 4.13. The third kappa shape index (κ3) is 3.03. The van der Waals surface area contributed by atoms with Crippen LogP contribution in [-0.4, -0.2) is 10.5 Å². The standard InChI is InChI=1S/C19H14FN3O/c20-16-7-5-13(6-8-16)11-23-12-15(9-14(10-21)19(22)24)17-3-1-2-4-18(17)23/h1-9,12H,11H2,(H2,22,24)/b14-9+. The van der Waals surface area contributed by atoms with Crippen molar-refractivity contribution in [3.8, 4) is 6.07 Å². The molecule has 0 saturated heterocycles. The van der Waals surface area contributed by atoms with Crippen molar-refractivity contribution in [3.63, 3.8) is 0 Å². The number of primary amides is 1. The van der Waals surface area contributed by atoms with Crippen LogP contribution < -0.4 is 5.73 Å².